The van der Waals surface area contributed by atoms with Gasteiger partial charge in [-0.15, -0.1) is 0 Å². The molecule has 0 atom stereocenters. The fourth-order valence-corrected chi connectivity index (χ4v) is 2.03. The Morgan fingerprint density at radius 3 is 2.76 bits per heavy atom. The van der Waals surface area contributed by atoms with Crippen LogP contribution in [0.5, 0.6) is 0 Å². The maximum atomic E-state index is 12.7. The van der Waals surface area contributed by atoms with Crippen molar-refractivity contribution in [3.8, 4) is 0 Å². The van der Waals surface area contributed by atoms with Crippen molar-refractivity contribution in [2.24, 2.45) is 0 Å². The molecule has 0 amide bonds. The zero-order valence-electron chi connectivity index (χ0n) is 11.8. The molecule has 0 spiro atoms. The van der Waals surface area contributed by atoms with Gasteiger partial charge in [0.05, 0.1) is 18.3 Å². The molecule has 0 saturated carbocycles. The standard InChI is InChI=1S/C15H18F3N3/c1-2-6-19-8-13-9-20-21(11-13)10-12-4-3-5-14(7-12)15(16,17)18/h3-5,7,9,11,19H,2,6,8,10H2,1H3. The number of nitrogens with zero attached hydrogens (tertiary/aromatic N) is 2. The van der Waals surface area contributed by atoms with Gasteiger partial charge in [-0.3, -0.25) is 4.68 Å². The van der Waals surface area contributed by atoms with Crippen LogP contribution >= 0.6 is 0 Å². The minimum absolute atomic E-state index is 0.331. The summed E-state index contributed by atoms with van der Waals surface area (Å²) >= 11 is 0. The molecule has 21 heavy (non-hydrogen) atoms. The number of hydrogen-bond acceptors (Lipinski definition) is 2. The highest BCUT2D eigenvalue weighted by molar-refractivity contribution is 5.25. The highest BCUT2D eigenvalue weighted by atomic mass is 19.4. The van der Waals surface area contributed by atoms with Gasteiger partial charge < -0.3 is 5.32 Å². The van der Waals surface area contributed by atoms with Crippen LogP contribution in [0.25, 0.3) is 0 Å². The molecule has 0 saturated heterocycles. The van der Waals surface area contributed by atoms with E-state index < -0.39 is 11.7 Å². The fraction of sp³-hybridized carbons (Fsp3) is 0.400. The van der Waals surface area contributed by atoms with Gasteiger partial charge in [0.2, 0.25) is 0 Å². The first-order valence-corrected chi connectivity index (χ1v) is 6.87. The van der Waals surface area contributed by atoms with E-state index in [4.69, 9.17) is 0 Å². The van der Waals surface area contributed by atoms with Crippen molar-refractivity contribution in [2.75, 3.05) is 6.54 Å². The molecule has 2 rings (SSSR count). The van der Waals surface area contributed by atoms with E-state index in [2.05, 4.69) is 17.3 Å². The first-order chi connectivity index (χ1) is 9.99. The van der Waals surface area contributed by atoms with E-state index in [0.717, 1.165) is 37.2 Å². The largest absolute Gasteiger partial charge is 0.416 e. The van der Waals surface area contributed by atoms with Crippen molar-refractivity contribution in [3.05, 3.63) is 53.3 Å². The van der Waals surface area contributed by atoms with Crippen LogP contribution in [0.2, 0.25) is 0 Å². The Morgan fingerprint density at radius 1 is 1.24 bits per heavy atom. The van der Waals surface area contributed by atoms with Crippen molar-refractivity contribution in [3.63, 3.8) is 0 Å². The number of nitrogens with one attached hydrogen (secondary N) is 1. The number of benzene rings is 1. The number of alkyl halides is 3. The lowest BCUT2D eigenvalue weighted by Gasteiger charge is -2.08. The van der Waals surface area contributed by atoms with Gasteiger partial charge in [-0.2, -0.15) is 18.3 Å². The summed E-state index contributed by atoms with van der Waals surface area (Å²) in [5, 5.41) is 7.43. The lowest BCUT2D eigenvalue weighted by molar-refractivity contribution is -0.137. The van der Waals surface area contributed by atoms with Crippen molar-refractivity contribution in [1.82, 2.24) is 15.1 Å². The summed E-state index contributed by atoms with van der Waals surface area (Å²) in [5.41, 5.74) is 0.980. The van der Waals surface area contributed by atoms with Crippen molar-refractivity contribution in [1.29, 1.82) is 0 Å². The Morgan fingerprint density at radius 2 is 2.05 bits per heavy atom. The monoisotopic (exact) mass is 297 g/mol. The minimum Gasteiger partial charge on any atom is -0.313 e. The molecule has 1 heterocycles. The van der Waals surface area contributed by atoms with Gasteiger partial charge in [0, 0.05) is 18.3 Å². The highest BCUT2D eigenvalue weighted by Crippen LogP contribution is 2.29. The van der Waals surface area contributed by atoms with Crippen LogP contribution in [0, 0.1) is 0 Å². The number of hydrogen-bond donors (Lipinski definition) is 1. The first kappa shape index (κ1) is 15.6. The van der Waals surface area contributed by atoms with Crippen LogP contribution in [-0.2, 0) is 19.3 Å². The van der Waals surface area contributed by atoms with Crippen LogP contribution in [0.3, 0.4) is 0 Å². The number of halogens is 3. The summed E-state index contributed by atoms with van der Waals surface area (Å²) < 4.78 is 39.6. The van der Waals surface area contributed by atoms with Gasteiger partial charge in [-0.1, -0.05) is 19.1 Å². The van der Waals surface area contributed by atoms with E-state index in [1.807, 2.05) is 6.20 Å². The second-order valence-corrected chi connectivity index (χ2v) is 4.92. The lowest BCUT2D eigenvalue weighted by atomic mass is 10.1. The summed E-state index contributed by atoms with van der Waals surface area (Å²) in [4.78, 5) is 0. The Kier molecular flexibility index (Phi) is 5.01. The molecule has 114 valence electrons. The normalized spacial score (nSPS) is 11.8. The molecule has 6 heteroatoms. The fourth-order valence-electron chi connectivity index (χ4n) is 2.03. The topological polar surface area (TPSA) is 29.9 Å². The van der Waals surface area contributed by atoms with E-state index in [1.165, 1.54) is 6.07 Å². The molecule has 2 aromatic rings. The molecule has 0 fully saturated rings. The molecule has 3 nitrogen and oxygen atoms in total. The molecule has 1 aromatic heterocycles. The number of aromatic nitrogens is 2. The van der Waals surface area contributed by atoms with Gasteiger partial charge in [-0.05, 0) is 30.7 Å². The van der Waals surface area contributed by atoms with Crippen molar-refractivity contribution >= 4 is 0 Å². The molecule has 0 unspecified atom stereocenters. The summed E-state index contributed by atoms with van der Waals surface area (Å²) in [6, 6.07) is 5.33. The van der Waals surface area contributed by atoms with Gasteiger partial charge >= 0.3 is 6.18 Å². The molecule has 0 aliphatic rings. The maximum absolute atomic E-state index is 12.7. The molecule has 0 bridgehead atoms. The molecular weight excluding hydrogens is 279 g/mol. The zero-order valence-corrected chi connectivity index (χ0v) is 11.8. The van der Waals surface area contributed by atoms with Crippen molar-refractivity contribution < 1.29 is 13.2 Å². The Labute approximate surface area is 121 Å². The lowest BCUT2D eigenvalue weighted by Crippen LogP contribution is -2.13. The molecule has 0 aliphatic heterocycles. The van der Waals surface area contributed by atoms with E-state index >= 15 is 0 Å². The molecule has 0 aliphatic carbocycles. The predicted octanol–water partition coefficient (Wildman–Crippen LogP) is 3.45. The summed E-state index contributed by atoms with van der Waals surface area (Å²) in [7, 11) is 0. The van der Waals surface area contributed by atoms with E-state index in [0.29, 0.717) is 12.1 Å². The molecular formula is C15H18F3N3. The maximum Gasteiger partial charge on any atom is 0.416 e. The molecule has 1 aromatic carbocycles. The van der Waals surface area contributed by atoms with Gasteiger partial charge in [0.1, 0.15) is 0 Å². The Bertz CT molecular complexity index is 576. The second kappa shape index (κ2) is 6.76. The zero-order chi connectivity index (χ0) is 15.3. The molecule has 1 N–H and O–H groups in total. The van der Waals surface area contributed by atoms with Crippen molar-refractivity contribution in [2.45, 2.75) is 32.6 Å². The van der Waals surface area contributed by atoms with Crippen LogP contribution < -0.4 is 5.32 Å². The van der Waals surface area contributed by atoms with Crippen LogP contribution in [0.1, 0.15) is 30.0 Å². The second-order valence-electron chi connectivity index (χ2n) is 4.92. The van der Waals surface area contributed by atoms with Gasteiger partial charge in [-0.25, -0.2) is 0 Å². The number of rotatable bonds is 6. The van der Waals surface area contributed by atoms with E-state index in [1.54, 1.807) is 16.9 Å². The predicted molar refractivity (Wildman–Crippen MR) is 74.8 cm³/mol. The Balaban J connectivity index is 2.02. The third-order valence-electron chi connectivity index (χ3n) is 3.04. The highest BCUT2D eigenvalue weighted by Gasteiger charge is 2.30. The average molecular weight is 297 g/mol. The third kappa shape index (κ3) is 4.60. The molecule has 0 radical (unpaired) electrons. The minimum atomic E-state index is -4.31. The van der Waals surface area contributed by atoms with Gasteiger partial charge in [0.15, 0.2) is 0 Å². The smallest absolute Gasteiger partial charge is 0.313 e. The van der Waals surface area contributed by atoms with E-state index in [-0.39, 0.29) is 0 Å². The summed E-state index contributed by atoms with van der Waals surface area (Å²) in [6.45, 7) is 4.07. The Hall–Kier alpha value is -1.82. The van der Waals surface area contributed by atoms with Crippen LogP contribution in [0.4, 0.5) is 13.2 Å². The first-order valence-electron chi connectivity index (χ1n) is 6.87. The van der Waals surface area contributed by atoms with E-state index in [9.17, 15) is 13.2 Å². The quantitative estimate of drug-likeness (QED) is 0.828. The average Bonchev–Trinajstić information content (AvgIpc) is 2.86. The summed E-state index contributed by atoms with van der Waals surface area (Å²) in [5.74, 6) is 0. The third-order valence-corrected chi connectivity index (χ3v) is 3.04. The SMILES string of the molecule is CCCNCc1cnn(Cc2cccc(C(F)(F)F)c2)c1. The van der Waals surface area contributed by atoms with Gasteiger partial charge in [0.25, 0.3) is 0 Å². The van der Waals surface area contributed by atoms with Crippen LogP contribution in [0.15, 0.2) is 36.7 Å². The summed E-state index contributed by atoms with van der Waals surface area (Å²) in [6.07, 6.45) is 0.326. The van der Waals surface area contributed by atoms with Crippen LogP contribution in [-0.4, -0.2) is 16.3 Å².